The average Bonchev–Trinajstić information content (AvgIpc) is 3.30. The van der Waals surface area contributed by atoms with E-state index in [0.29, 0.717) is 6.54 Å². The molecule has 32 heavy (non-hydrogen) atoms. The van der Waals surface area contributed by atoms with Crippen molar-refractivity contribution in [3.05, 3.63) is 83.9 Å². The van der Waals surface area contributed by atoms with Crippen LogP contribution in [0.4, 0.5) is 0 Å². The van der Waals surface area contributed by atoms with E-state index in [0.717, 1.165) is 50.9 Å². The van der Waals surface area contributed by atoms with Crippen LogP contribution in [-0.4, -0.2) is 54.1 Å². The number of nitrogens with zero attached hydrogens (tertiary/aromatic N) is 4. The van der Waals surface area contributed by atoms with Crippen molar-refractivity contribution < 1.29 is 4.74 Å². The molecule has 0 radical (unpaired) electrons. The zero-order chi connectivity index (χ0) is 22.4. The van der Waals surface area contributed by atoms with Gasteiger partial charge in [0.05, 0.1) is 6.54 Å². The van der Waals surface area contributed by atoms with Crippen molar-refractivity contribution >= 4 is 5.96 Å². The van der Waals surface area contributed by atoms with Gasteiger partial charge in [-0.15, -0.1) is 10.2 Å². The summed E-state index contributed by atoms with van der Waals surface area (Å²) < 4.78 is 7.25. The van der Waals surface area contributed by atoms with Crippen LogP contribution in [0, 0.1) is 0 Å². The Kier molecular flexibility index (Phi) is 9.73. The molecule has 0 aliphatic heterocycles. The van der Waals surface area contributed by atoms with Crippen LogP contribution in [0.15, 0.2) is 72.0 Å². The lowest BCUT2D eigenvalue weighted by atomic mass is 9.91. The molecule has 0 spiro atoms. The molecule has 0 amide bonds. The summed E-state index contributed by atoms with van der Waals surface area (Å²) >= 11 is 0. The zero-order valence-corrected chi connectivity index (χ0v) is 19.1. The first-order valence-electron chi connectivity index (χ1n) is 11.3. The molecule has 0 saturated carbocycles. The van der Waals surface area contributed by atoms with Crippen LogP contribution in [0.3, 0.4) is 0 Å². The van der Waals surface area contributed by atoms with Gasteiger partial charge in [-0.05, 0) is 17.5 Å². The molecule has 7 nitrogen and oxygen atoms in total. The molecule has 0 atom stereocenters. The fourth-order valence-corrected chi connectivity index (χ4v) is 3.59. The summed E-state index contributed by atoms with van der Waals surface area (Å²) in [7, 11) is 1.72. The van der Waals surface area contributed by atoms with Crippen molar-refractivity contribution in [2.75, 3.05) is 33.4 Å². The maximum Gasteiger partial charge on any atom is 0.191 e. The SMILES string of the molecule is CCc1nncn1CCNC(=NCC(c1ccccc1)c1ccccc1)NCCCOC. The monoisotopic (exact) mass is 434 g/mol. The number of rotatable bonds is 12. The van der Waals surface area contributed by atoms with Crippen LogP contribution in [0.25, 0.3) is 0 Å². The number of aryl methyl sites for hydroxylation is 1. The summed E-state index contributed by atoms with van der Waals surface area (Å²) in [6, 6.07) is 21.1. The lowest BCUT2D eigenvalue weighted by Crippen LogP contribution is -2.40. The van der Waals surface area contributed by atoms with E-state index in [1.807, 2.05) is 0 Å². The number of aliphatic imine (C=N–C) groups is 1. The quantitative estimate of drug-likeness (QED) is 0.260. The van der Waals surface area contributed by atoms with E-state index in [-0.39, 0.29) is 5.92 Å². The number of nitrogens with one attached hydrogen (secondary N) is 2. The third-order valence-corrected chi connectivity index (χ3v) is 5.31. The smallest absolute Gasteiger partial charge is 0.191 e. The molecule has 170 valence electrons. The molecule has 3 aromatic rings. The van der Waals surface area contributed by atoms with Crippen LogP contribution in [0.5, 0.6) is 0 Å². The van der Waals surface area contributed by atoms with Crippen LogP contribution in [-0.2, 0) is 17.7 Å². The van der Waals surface area contributed by atoms with Gasteiger partial charge in [0, 0.05) is 45.7 Å². The standard InChI is InChI=1S/C25H34N6O/c1-3-24-30-29-20-31(24)17-16-27-25(26-15-10-18-32-2)28-19-23(21-11-6-4-7-12-21)22-13-8-5-9-14-22/h4-9,11-14,20,23H,3,10,15-19H2,1-2H3,(H2,26,27,28). The predicted molar refractivity (Wildman–Crippen MR) is 129 cm³/mol. The normalized spacial score (nSPS) is 11.7. The summed E-state index contributed by atoms with van der Waals surface area (Å²) in [6.45, 7) is 5.79. The number of aromatic nitrogens is 3. The fraction of sp³-hybridized carbons (Fsp3) is 0.400. The van der Waals surface area contributed by atoms with E-state index in [1.54, 1.807) is 13.4 Å². The Hall–Kier alpha value is -3.19. The third kappa shape index (κ3) is 7.20. The molecule has 2 aromatic carbocycles. The van der Waals surface area contributed by atoms with Crippen LogP contribution < -0.4 is 10.6 Å². The Labute approximate surface area is 190 Å². The van der Waals surface area contributed by atoms with Gasteiger partial charge in [0.25, 0.3) is 0 Å². The first-order chi connectivity index (χ1) is 15.8. The highest BCUT2D eigenvalue weighted by molar-refractivity contribution is 5.79. The van der Waals surface area contributed by atoms with Crippen LogP contribution in [0.1, 0.15) is 36.2 Å². The van der Waals surface area contributed by atoms with Crippen LogP contribution in [0.2, 0.25) is 0 Å². The van der Waals surface area contributed by atoms with Gasteiger partial charge in [-0.25, -0.2) is 0 Å². The predicted octanol–water partition coefficient (Wildman–Crippen LogP) is 3.24. The van der Waals surface area contributed by atoms with E-state index in [1.165, 1.54) is 11.1 Å². The Balaban J connectivity index is 1.70. The van der Waals surface area contributed by atoms with Gasteiger partial charge < -0.3 is 19.9 Å². The van der Waals surface area contributed by atoms with Gasteiger partial charge in [-0.1, -0.05) is 67.6 Å². The molecule has 1 heterocycles. The summed E-state index contributed by atoms with van der Waals surface area (Å²) in [5.41, 5.74) is 2.52. The maximum absolute atomic E-state index is 5.18. The van der Waals surface area contributed by atoms with Crippen molar-refractivity contribution in [1.82, 2.24) is 25.4 Å². The fourth-order valence-electron chi connectivity index (χ4n) is 3.59. The number of hydrogen-bond acceptors (Lipinski definition) is 4. The molecule has 0 aliphatic carbocycles. The Morgan fingerprint density at radius 1 is 1.00 bits per heavy atom. The van der Waals surface area contributed by atoms with Gasteiger partial charge in [0.15, 0.2) is 5.96 Å². The molecule has 0 unspecified atom stereocenters. The molecule has 0 fully saturated rings. The van der Waals surface area contributed by atoms with Gasteiger partial charge in [0.1, 0.15) is 12.2 Å². The van der Waals surface area contributed by atoms with E-state index >= 15 is 0 Å². The molecule has 2 N–H and O–H groups in total. The summed E-state index contributed by atoms with van der Waals surface area (Å²) in [4.78, 5) is 4.95. The van der Waals surface area contributed by atoms with Gasteiger partial charge in [0.2, 0.25) is 0 Å². The highest BCUT2D eigenvalue weighted by atomic mass is 16.5. The van der Waals surface area contributed by atoms with E-state index < -0.39 is 0 Å². The average molecular weight is 435 g/mol. The zero-order valence-electron chi connectivity index (χ0n) is 19.1. The minimum absolute atomic E-state index is 0.194. The van der Waals surface area contributed by atoms with E-state index in [9.17, 15) is 0 Å². The molecular weight excluding hydrogens is 400 g/mol. The number of benzene rings is 2. The molecule has 3 rings (SSSR count). The summed E-state index contributed by atoms with van der Waals surface area (Å²) in [5.74, 6) is 2.00. The van der Waals surface area contributed by atoms with Gasteiger partial charge in [-0.2, -0.15) is 0 Å². The molecular formula is C25H34N6O. The second-order valence-corrected chi connectivity index (χ2v) is 7.56. The largest absolute Gasteiger partial charge is 0.385 e. The Morgan fingerprint density at radius 2 is 1.66 bits per heavy atom. The highest BCUT2D eigenvalue weighted by Gasteiger charge is 2.14. The van der Waals surface area contributed by atoms with Gasteiger partial charge >= 0.3 is 0 Å². The lowest BCUT2D eigenvalue weighted by Gasteiger charge is -2.18. The third-order valence-electron chi connectivity index (χ3n) is 5.31. The highest BCUT2D eigenvalue weighted by Crippen LogP contribution is 2.24. The van der Waals surface area contributed by atoms with Crippen molar-refractivity contribution in [2.45, 2.75) is 32.2 Å². The summed E-state index contributed by atoms with van der Waals surface area (Å²) in [6.07, 6.45) is 3.57. The van der Waals surface area contributed by atoms with Crippen LogP contribution >= 0.6 is 0 Å². The molecule has 7 heteroatoms. The molecule has 0 aliphatic rings. The Bertz CT molecular complexity index is 886. The van der Waals surface area contributed by atoms with E-state index in [2.05, 4.69) is 93.0 Å². The van der Waals surface area contributed by atoms with Crippen molar-refractivity contribution in [1.29, 1.82) is 0 Å². The summed E-state index contributed by atoms with van der Waals surface area (Å²) in [5, 5.41) is 15.1. The van der Waals surface area contributed by atoms with E-state index in [4.69, 9.17) is 9.73 Å². The van der Waals surface area contributed by atoms with Crippen molar-refractivity contribution in [3.8, 4) is 0 Å². The topological polar surface area (TPSA) is 76.4 Å². The van der Waals surface area contributed by atoms with Gasteiger partial charge in [-0.3, -0.25) is 4.99 Å². The molecule has 1 aromatic heterocycles. The molecule has 0 saturated heterocycles. The first kappa shape index (κ1) is 23.5. The molecule has 0 bridgehead atoms. The maximum atomic E-state index is 5.18. The number of methoxy groups -OCH3 is 1. The number of hydrogen-bond donors (Lipinski definition) is 2. The Morgan fingerprint density at radius 3 is 2.28 bits per heavy atom. The lowest BCUT2D eigenvalue weighted by molar-refractivity contribution is 0.195. The second-order valence-electron chi connectivity index (χ2n) is 7.56. The number of guanidine groups is 1. The minimum Gasteiger partial charge on any atom is -0.385 e. The first-order valence-corrected chi connectivity index (χ1v) is 11.3. The number of ether oxygens (including phenoxy) is 1. The van der Waals surface area contributed by atoms with Crippen molar-refractivity contribution in [2.24, 2.45) is 4.99 Å². The van der Waals surface area contributed by atoms with Crippen molar-refractivity contribution in [3.63, 3.8) is 0 Å². The second kappa shape index (κ2) is 13.3. The minimum atomic E-state index is 0.194.